The average Bonchev–Trinajstić information content (AvgIpc) is 3.42. The van der Waals surface area contributed by atoms with Gasteiger partial charge < -0.3 is 4.42 Å². The first-order valence-electron chi connectivity index (χ1n) is 14.1. The van der Waals surface area contributed by atoms with Gasteiger partial charge in [-0.1, -0.05) is 121 Å². The van der Waals surface area contributed by atoms with E-state index in [4.69, 9.17) is 4.42 Å². The Hall–Kier alpha value is -5.40. The van der Waals surface area contributed by atoms with Crippen molar-refractivity contribution in [1.82, 2.24) is 0 Å². The normalized spacial score (nSPS) is 11.9. The van der Waals surface area contributed by atoms with Crippen molar-refractivity contribution in [3.8, 4) is 22.3 Å². The lowest BCUT2D eigenvalue weighted by Gasteiger charge is -2.19. The van der Waals surface area contributed by atoms with Crippen LogP contribution in [-0.4, -0.2) is 0 Å². The summed E-state index contributed by atoms with van der Waals surface area (Å²) in [5.74, 6) is 0. The van der Waals surface area contributed by atoms with E-state index in [9.17, 15) is 0 Å². The van der Waals surface area contributed by atoms with Crippen molar-refractivity contribution < 1.29 is 4.42 Å². The molecule has 9 aromatic rings. The van der Waals surface area contributed by atoms with Crippen LogP contribution in [-0.2, 0) is 0 Å². The second-order valence-electron chi connectivity index (χ2n) is 10.8. The Morgan fingerprint density at radius 3 is 1.61 bits per heavy atom. The van der Waals surface area contributed by atoms with Crippen LogP contribution in [0.2, 0.25) is 0 Å². The maximum Gasteiger partial charge on any atom is 0.136 e. The molecule has 41 heavy (non-hydrogen) atoms. The van der Waals surface area contributed by atoms with Crippen LogP contribution in [0.5, 0.6) is 0 Å². The number of rotatable bonds is 2. The largest absolute Gasteiger partial charge is 0.456 e. The van der Waals surface area contributed by atoms with Gasteiger partial charge in [-0.15, -0.1) is 0 Å². The number of furan rings is 1. The van der Waals surface area contributed by atoms with Gasteiger partial charge in [0, 0.05) is 16.2 Å². The van der Waals surface area contributed by atoms with Gasteiger partial charge in [0.1, 0.15) is 11.2 Å². The summed E-state index contributed by atoms with van der Waals surface area (Å²) in [4.78, 5) is 0. The van der Waals surface area contributed by atoms with Gasteiger partial charge in [0.05, 0.1) is 0 Å². The molecule has 8 aromatic carbocycles. The molecule has 1 heterocycles. The maximum atomic E-state index is 6.36. The van der Waals surface area contributed by atoms with E-state index in [1.807, 2.05) is 6.07 Å². The maximum absolute atomic E-state index is 6.36. The lowest BCUT2D eigenvalue weighted by atomic mass is 9.83. The highest BCUT2D eigenvalue weighted by atomic mass is 16.3. The Kier molecular flexibility index (Phi) is 4.67. The van der Waals surface area contributed by atoms with Crippen molar-refractivity contribution in [2.75, 3.05) is 0 Å². The van der Waals surface area contributed by atoms with Gasteiger partial charge in [0.25, 0.3) is 0 Å². The minimum Gasteiger partial charge on any atom is -0.456 e. The monoisotopic (exact) mass is 520 g/mol. The first-order valence-corrected chi connectivity index (χ1v) is 14.1. The lowest BCUT2D eigenvalue weighted by Crippen LogP contribution is -1.92. The summed E-state index contributed by atoms with van der Waals surface area (Å²) in [6, 6.07) is 52.5. The molecule has 0 aliphatic carbocycles. The SMILES string of the molecule is c1ccc(-c2c3ccccc3c(-c3cc4ccccc4c4c3ccc3oc5ccccc5c34)c3ccccc23)cc1. The highest BCUT2D eigenvalue weighted by Crippen LogP contribution is 2.48. The van der Waals surface area contributed by atoms with Crippen LogP contribution < -0.4 is 0 Å². The summed E-state index contributed by atoms with van der Waals surface area (Å²) in [5, 5.41) is 12.4. The minimum absolute atomic E-state index is 0.924. The minimum atomic E-state index is 0.924. The van der Waals surface area contributed by atoms with Gasteiger partial charge in [0.2, 0.25) is 0 Å². The first kappa shape index (κ1) is 22.4. The second-order valence-corrected chi connectivity index (χ2v) is 10.8. The molecule has 0 spiro atoms. The van der Waals surface area contributed by atoms with Gasteiger partial charge in [-0.3, -0.25) is 0 Å². The summed E-state index contributed by atoms with van der Waals surface area (Å²) in [6.45, 7) is 0. The molecule has 0 aliphatic heterocycles. The first-order chi connectivity index (χ1) is 20.4. The zero-order chi connectivity index (χ0) is 26.9. The molecular weight excluding hydrogens is 496 g/mol. The summed E-state index contributed by atoms with van der Waals surface area (Å²) < 4.78 is 6.36. The zero-order valence-electron chi connectivity index (χ0n) is 22.3. The summed E-state index contributed by atoms with van der Waals surface area (Å²) in [5.41, 5.74) is 6.90. The van der Waals surface area contributed by atoms with Gasteiger partial charge in [-0.05, 0) is 84.2 Å². The Balaban J connectivity index is 1.53. The highest BCUT2D eigenvalue weighted by Gasteiger charge is 2.21. The summed E-state index contributed by atoms with van der Waals surface area (Å²) >= 11 is 0. The zero-order valence-corrected chi connectivity index (χ0v) is 22.3. The Bertz CT molecular complexity index is 2410. The van der Waals surface area contributed by atoms with E-state index in [-0.39, 0.29) is 0 Å². The van der Waals surface area contributed by atoms with Gasteiger partial charge in [0.15, 0.2) is 0 Å². The molecule has 0 amide bonds. The van der Waals surface area contributed by atoms with E-state index in [0.29, 0.717) is 0 Å². The van der Waals surface area contributed by atoms with Crippen LogP contribution in [0.15, 0.2) is 150 Å². The molecule has 190 valence electrons. The van der Waals surface area contributed by atoms with Crippen molar-refractivity contribution in [3.05, 3.63) is 146 Å². The third kappa shape index (κ3) is 3.18. The topological polar surface area (TPSA) is 13.1 Å². The van der Waals surface area contributed by atoms with Crippen LogP contribution in [0.25, 0.3) is 87.3 Å². The Labute approximate surface area is 236 Å². The van der Waals surface area contributed by atoms with E-state index in [1.54, 1.807) is 0 Å². The predicted octanol–water partition coefficient (Wildman–Crippen LogP) is 11.5. The molecule has 9 rings (SSSR count). The van der Waals surface area contributed by atoms with E-state index >= 15 is 0 Å². The number of benzene rings is 8. The molecule has 0 saturated heterocycles. The molecule has 0 radical (unpaired) electrons. The molecule has 1 aromatic heterocycles. The molecular formula is C40H24O. The van der Waals surface area contributed by atoms with Crippen LogP contribution in [0, 0.1) is 0 Å². The number of fused-ring (bicyclic) bond motifs is 9. The molecule has 0 aliphatic rings. The molecule has 1 heteroatoms. The standard InChI is InChI=1S/C40H24O/c1-2-12-25(13-3-1)37-28-16-6-8-18-30(28)38(31-19-9-7-17-29(31)37)34-24-26-14-4-5-15-27(26)39-32(34)22-23-36-40(39)33-20-10-11-21-35(33)41-36/h1-24H. The Morgan fingerprint density at radius 1 is 0.341 bits per heavy atom. The highest BCUT2D eigenvalue weighted by molar-refractivity contribution is 6.32. The van der Waals surface area contributed by atoms with Crippen molar-refractivity contribution >= 4 is 65.0 Å². The smallest absolute Gasteiger partial charge is 0.136 e. The fourth-order valence-electron chi connectivity index (χ4n) is 6.95. The molecule has 1 nitrogen and oxygen atoms in total. The quantitative estimate of drug-likeness (QED) is 0.163. The fourth-order valence-corrected chi connectivity index (χ4v) is 6.95. The number of hydrogen-bond acceptors (Lipinski definition) is 1. The van der Waals surface area contributed by atoms with Crippen LogP contribution in [0.4, 0.5) is 0 Å². The van der Waals surface area contributed by atoms with Crippen molar-refractivity contribution in [2.24, 2.45) is 0 Å². The molecule has 0 unspecified atom stereocenters. The number of para-hydroxylation sites is 1. The van der Waals surface area contributed by atoms with Crippen LogP contribution in [0.1, 0.15) is 0 Å². The van der Waals surface area contributed by atoms with Gasteiger partial charge in [-0.25, -0.2) is 0 Å². The van der Waals surface area contributed by atoms with Crippen molar-refractivity contribution in [3.63, 3.8) is 0 Å². The van der Waals surface area contributed by atoms with Crippen molar-refractivity contribution in [1.29, 1.82) is 0 Å². The van der Waals surface area contributed by atoms with Gasteiger partial charge in [-0.2, -0.15) is 0 Å². The molecule has 0 fully saturated rings. The second kappa shape index (κ2) is 8.55. The fraction of sp³-hybridized carbons (Fsp3) is 0. The molecule has 0 saturated carbocycles. The van der Waals surface area contributed by atoms with E-state index < -0.39 is 0 Å². The third-order valence-corrected chi connectivity index (χ3v) is 8.63. The van der Waals surface area contributed by atoms with E-state index in [1.165, 1.54) is 70.7 Å². The Morgan fingerprint density at radius 2 is 0.902 bits per heavy atom. The van der Waals surface area contributed by atoms with E-state index in [0.717, 1.165) is 16.6 Å². The lowest BCUT2D eigenvalue weighted by molar-refractivity contribution is 0.669. The van der Waals surface area contributed by atoms with Gasteiger partial charge >= 0.3 is 0 Å². The third-order valence-electron chi connectivity index (χ3n) is 8.63. The molecule has 0 bridgehead atoms. The number of hydrogen-bond donors (Lipinski definition) is 0. The summed E-state index contributed by atoms with van der Waals surface area (Å²) in [6.07, 6.45) is 0. The van der Waals surface area contributed by atoms with Crippen LogP contribution in [0.3, 0.4) is 0 Å². The molecule has 0 atom stereocenters. The molecule has 0 N–H and O–H groups in total. The average molecular weight is 521 g/mol. The van der Waals surface area contributed by atoms with E-state index in [2.05, 4.69) is 140 Å². The van der Waals surface area contributed by atoms with Crippen LogP contribution >= 0.6 is 0 Å². The summed E-state index contributed by atoms with van der Waals surface area (Å²) in [7, 11) is 0. The van der Waals surface area contributed by atoms with Crippen molar-refractivity contribution in [2.45, 2.75) is 0 Å². The predicted molar refractivity (Wildman–Crippen MR) is 175 cm³/mol.